The lowest BCUT2D eigenvalue weighted by Crippen LogP contribution is -2.37. The molecule has 146 valence electrons. The zero-order valence-electron chi connectivity index (χ0n) is 15.7. The number of hydrogen-bond acceptors (Lipinski definition) is 3. The Bertz CT molecular complexity index is 889. The maximum Gasteiger partial charge on any atom is 0.270 e. The van der Waals surface area contributed by atoms with E-state index >= 15 is 0 Å². The number of pyridine rings is 1. The number of carbonyl (C=O) groups is 2. The van der Waals surface area contributed by atoms with Gasteiger partial charge in [0.05, 0.1) is 5.92 Å². The lowest BCUT2D eigenvalue weighted by atomic mass is 9.99. The zero-order chi connectivity index (χ0) is 19.7. The minimum Gasteiger partial charge on any atom is -0.369 e. The number of halogens is 1. The summed E-state index contributed by atoms with van der Waals surface area (Å²) in [6.45, 7) is 0.237. The van der Waals surface area contributed by atoms with E-state index in [4.69, 9.17) is 5.73 Å². The summed E-state index contributed by atoms with van der Waals surface area (Å²) < 4.78 is 13.2. The predicted octanol–water partition coefficient (Wildman–Crippen LogP) is 2.93. The van der Waals surface area contributed by atoms with Crippen molar-refractivity contribution in [3.8, 4) is 0 Å². The van der Waals surface area contributed by atoms with Gasteiger partial charge in [0.15, 0.2) is 0 Å². The summed E-state index contributed by atoms with van der Waals surface area (Å²) >= 11 is 0. The molecule has 5 nitrogen and oxygen atoms in total. The monoisotopic (exact) mass is 381 g/mol. The fourth-order valence-electron chi connectivity index (χ4n) is 3.61. The maximum absolute atomic E-state index is 13.2. The second-order valence-corrected chi connectivity index (χ2v) is 7.91. The van der Waals surface area contributed by atoms with E-state index < -0.39 is 0 Å². The quantitative estimate of drug-likeness (QED) is 0.737. The van der Waals surface area contributed by atoms with Crippen LogP contribution in [0.5, 0.6) is 0 Å². The highest BCUT2D eigenvalue weighted by molar-refractivity contribution is 5.94. The van der Waals surface area contributed by atoms with Gasteiger partial charge in [0, 0.05) is 12.7 Å². The van der Waals surface area contributed by atoms with Crippen LogP contribution in [-0.2, 0) is 11.2 Å². The van der Waals surface area contributed by atoms with E-state index in [0.29, 0.717) is 18.0 Å². The first-order valence-electron chi connectivity index (χ1n) is 9.82. The normalized spacial score (nSPS) is 17.2. The third-order valence-electron chi connectivity index (χ3n) is 5.60. The van der Waals surface area contributed by atoms with Crippen molar-refractivity contribution in [1.29, 1.82) is 0 Å². The molecule has 28 heavy (non-hydrogen) atoms. The first-order valence-corrected chi connectivity index (χ1v) is 9.82. The average Bonchev–Trinajstić information content (AvgIpc) is 3.56. The van der Waals surface area contributed by atoms with Crippen LogP contribution in [0.4, 0.5) is 4.39 Å². The molecule has 1 aromatic heterocycles. The third kappa shape index (κ3) is 4.38. The molecular weight excluding hydrogens is 357 g/mol. The Balaban J connectivity index is 1.53. The average molecular weight is 381 g/mol. The number of hydrogen-bond donors (Lipinski definition) is 2. The van der Waals surface area contributed by atoms with Crippen LogP contribution in [0.3, 0.4) is 0 Å². The van der Waals surface area contributed by atoms with Gasteiger partial charge >= 0.3 is 0 Å². The van der Waals surface area contributed by atoms with Crippen LogP contribution in [-0.4, -0.2) is 23.3 Å². The first kappa shape index (κ1) is 18.6. The molecule has 2 saturated carbocycles. The number of benzene rings is 1. The Morgan fingerprint density at radius 2 is 1.89 bits per heavy atom. The van der Waals surface area contributed by atoms with Crippen LogP contribution < -0.4 is 11.1 Å². The largest absolute Gasteiger partial charge is 0.369 e. The Morgan fingerprint density at radius 1 is 1.18 bits per heavy atom. The van der Waals surface area contributed by atoms with Crippen LogP contribution in [0.15, 0.2) is 36.5 Å². The van der Waals surface area contributed by atoms with Gasteiger partial charge in [-0.05, 0) is 72.8 Å². The lowest BCUT2D eigenvalue weighted by Gasteiger charge is -2.15. The smallest absolute Gasteiger partial charge is 0.270 e. The molecule has 2 aromatic rings. The number of primary amides is 1. The molecule has 0 radical (unpaired) electrons. The molecule has 1 atom stereocenters. The van der Waals surface area contributed by atoms with Crippen molar-refractivity contribution < 1.29 is 14.0 Å². The zero-order valence-corrected chi connectivity index (χ0v) is 15.7. The Kier molecular flexibility index (Phi) is 5.11. The van der Waals surface area contributed by atoms with Gasteiger partial charge in [-0.1, -0.05) is 18.2 Å². The molecule has 0 aliphatic heterocycles. The number of aromatic nitrogens is 1. The molecule has 1 aromatic carbocycles. The Morgan fingerprint density at radius 3 is 2.50 bits per heavy atom. The molecule has 0 spiro atoms. The van der Waals surface area contributed by atoms with Gasteiger partial charge < -0.3 is 11.1 Å². The summed E-state index contributed by atoms with van der Waals surface area (Å²) in [4.78, 5) is 28.8. The molecule has 6 heteroatoms. The predicted molar refractivity (Wildman–Crippen MR) is 103 cm³/mol. The number of nitrogens with zero attached hydrogens (tertiary/aromatic N) is 1. The second kappa shape index (κ2) is 7.70. The summed E-state index contributed by atoms with van der Waals surface area (Å²) in [5.41, 5.74) is 8.70. The van der Waals surface area contributed by atoms with Crippen molar-refractivity contribution in [3.05, 3.63) is 64.7 Å². The van der Waals surface area contributed by atoms with Crippen LogP contribution >= 0.6 is 0 Å². The summed E-state index contributed by atoms with van der Waals surface area (Å²) in [5, 5.41) is 2.84. The molecule has 1 heterocycles. The molecule has 3 N–H and O–H groups in total. The minimum absolute atomic E-state index is 0.237. The molecule has 0 bridgehead atoms. The van der Waals surface area contributed by atoms with Crippen molar-refractivity contribution >= 4 is 11.8 Å². The van der Waals surface area contributed by atoms with E-state index in [0.717, 1.165) is 42.4 Å². The number of nitrogens with one attached hydrogen (secondary N) is 1. The van der Waals surface area contributed by atoms with Crippen molar-refractivity contribution in [1.82, 2.24) is 10.3 Å². The van der Waals surface area contributed by atoms with Gasteiger partial charge in [-0.3, -0.25) is 14.6 Å². The van der Waals surface area contributed by atoms with E-state index in [1.165, 1.54) is 12.1 Å². The van der Waals surface area contributed by atoms with Gasteiger partial charge in [-0.25, -0.2) is 4.39 Å². The lowest BCUT2D eigenvalue weighted by molar-refractivity contribution is -0.122. The highest BCUT2D eigenvalue weighted by atomic mass is 19.1. The molecule has 2 aliphatic carbocycles. The topological polar surface area (TPSA) is 85.1 Å². The van der Waals surface area contributed by atoms with Crippen molar-refractivity contribution in [2.75, 3.05) is 6.54 Å². The van der Waals surface area contributed by atoms with Gasteiger partial charge in [0.25, 0.3) is 5.91 Å². The molecule has 2 aliphatic rings. The number of nitrogens with two attached hydrogens (primary N) is 1. The van der Waals surface area contributed by atoms with Crippen LogP contribution in [0.1, 0.15) is 58.8 Å². The highest BCUT2D eigenvalue weighted by Crippen LogP contribution is 2.40. The van der Waals surface area contributed by atoms with E-state index in [1.54, 1.807) is 18.3 Å². The Labute approximate surface area is 163 Å². The summed E-state index contributed by atoms with van der Waals surface area (Å²) in [6.07, 6.45) is 6.52. The van der Waals surface area contributed by atoms with Crippen molar-refractivity contribution in [3.63, 3.8) is 0 Å². The molecular formula is C22H24FN3O2. The fraction of sp³-hybridized carbons (Fsp3) is 0.409. The highest BCUT2D eigenvalue weighted by Gasteiger charge is 2.35. The van der Waals surface area contributed by atoms with Crippen molar-refractivity contribution in [2.24, 2.45) is 17.6 Å². The van der Waals surface area contributed by atoms with E-state index in [2.05, 4.69) is 10.3 Å². The summed E-state index contributed by atoms with van der Waals surface area (Å²) in [6, 6.07) is 8.31. The third-order valence-corrected chi connectivity index (χ3v) is 5.60. The Hall–Kier alpha value is -2.76. The minimum atomic E-state index is -0.369. The molecule has 0 unspecified atom stereocenters. The SMILES string of the molecule is NC(=O)[C@H](CNC(=O)c1ncc(C2CC2)cc1Cc1ccc(F)cc1)C1CC1. The summed E-state index contributed by atoms with van der Waals surface area (Å²) in [7, 11) is 0. The van der Waals surface area contributed by atoms with Crippen molar-refractivity contribution in [2.45, 2.75) is 38.0 Å². The van der Waals surface area contributed by atoms with Crippen LogP contribution in [0.2, 0.25) is 0 Å². The maximum atomic E-state index is 13.2. The fourth-order valence-corrected chi connectivity index (χ4v) is 3.61. The van der Waals surface area contributed by atoms with Gasteiger partial charge in [0.1, 0.15) is 11.5 Å². The number of rotatable bonds is 8. The van der Waals surface area contributed by atoms with Crippen LogP contribution in [0, 0.1) is 17.7 Å². The number of amides is 2. The van der Waals surface area contributed by atoms with E-state index in [-0.39, 0.29) is 36.0 Å². The first-order chi connectivity index (χ1) is 13.5. The van der Waals surface area contributed by atoms with Gasteiger partial charge in [-0.15, -0.1) is 0 Å². The van der Waals surface area contributed by atoms with E-state index in [1.807, 2.05) is 6.07 Å². The van der Waals surface area contributed by atoms with Gasteiger partial charge in [-0.2, -0.15) is 0 Å². The molecule has 2 amide bonds. The second-order valence-electron chi connectivity index (χ2n) is 7.91. The molecule has 4 rings (SSSR count). The standard InChI is InChI=1S/C22H24FN3O2/c23-18-7-1-13(2-8-18)9-16-10-17(14-3-4-14)11-25-20(16)22(28)26-12-19(21(24)27)15-5-6-15/h1-2,7-8,10-11,14-15,19H,3-6,9,12H2,(H2,24,27)(H,26,28)/t19-/m1/s1. The molecule has 0 saturated heterocycles. The van der Waals surface area contributed by atoms with E-state index in [9.17, 15) is 14.0 Å². The van der Waals surface area contributed by atoms with Gasteiger partial charge in [0.2, 0.25) is 5.91 Å². The molecule has 2 fully saturated rings. The number of carbonyl (C=O) groups excluding carboxylic acids is 2. The summed E-state index contributed by atoms with van der Waals surface area (Å²) in [5.74, 6) is -0.482. The van der Waals surface area contributed by atoms with Crippen LogP contribution in [0.25, 0.3) is 0 Å².